The van der Waals surface area contributed by atoms with E-state index in [1.165, 1.54) is 19.4 Å². The first-order chi connectivity index (χ1) is 9.13. The quantitative estimate of drug-likeness (QED) is 0.651. The molecule has 0 bridgehead atoms. The summed E-state index contributed by atoms with van der Waals surface area (Å²) in [5, 5.41) is 0. The number of nitrogens with zero attached hydrogens (tertiary/aromatic N) is 2. The van der Waals surface area contributed by atoms with Crippen LogP contribution >= 0.6 is 22.6 Å². The van der Waals surface area contributed by atoms with E-state index >= 15 is 0 Å². The van der Waals surface area contributed by atoms with E-state index in [0.29, 0.717) is 9.26 Å². The molecule has 2 fully saturated rings. The van der Waals surface area contributed by atoms with Crippen LogP contribution in [0.5, 0.6) is 0 Å². The van der Waals surface area contributed by atoms with Crippen molar-refractivity contribution in [3.8, 4) is 0 Å². The minimum absolute atomic E-state index is 0.176. The van der Waals surface area contributed by atoms with Crippen LogP contribution in [0, 0.1) is 15.3 Å². The third-order valence-electron chi connectivity index (χ3n) is 4.00. The Hall–Kier alpha value is -0.560. The number of rotatable bonds is 3. The van der Waals surface area contributed by atoms with Crippen molar-refractivity contribution in [1.29, 1.82) is 0 Å². The highest BCUT2D eigenvalue weighted by Crippen LogP contribution is 2.31. The van der Waals surface area contributed by atoms with Crippen LogP contribution < -0.4 is 10.6 Å². The third kappa shape index (κ3) is 3.13. The van der Waals surface area contributed by atoms with Crippen molar-refractivity contribution in [3.63, 3.8) is 0 Å². The van der Waals surface area contributed by atoms with Gasteiger partial charge in [0, 0.05) is 38.8 Å². The maximum absolute atomic E-state index is 13.7. The van der Waals surface area contributed by atoms with Gasteiger partial charge in [-0.2, -0.15) is 0 Å². The maximum atomic E-state index is 13.7. The monoisotopic (exact) mass is 375 g/mol. The molecule has 1 saturated heterocycles. The minimum Gasteiger partial charge on any atom is -0.397 e. The molecule has 1 aromatic carbocycles. The molecule has 3 rings (SSSR count). The molecule has 104 valence electrons. The lowest BCUT2D eigenvalue weighted by molar-refractivity contribution is 0.248. The Balaban J connectivity index is 1.65. The Labute approximate surface area is 127 Å². The summed E-state index contributed by atoms with van der Waals surface area (Å²) in [7, 11) is 0. The third-order valence-corrected chi connectivity index (χ3v) is 4.82. The lowest BCUT2D eigenvalue weighted by Gasteiger charge is -2.36. The van der Waals surface area contributed by atoms with Crippen LogP contribution in [-0.2, 0) is 0 Å². The van der Waals surface area contributed by atoms with Gasteiger partial charge in [-0.15, -0.1) is 0 Å². The lowest BCUT2D eigenvalue weighted by atomic mass is 10.2. The van der Waals surface area contributed by atoms with Gasteiger partial charge in [0.1, 0.15) is 5.82 Å². The van der Waals surface area contributed by atoms with Crippen LogP contribution in [0.25, 0.3) is 0 Å². The molecular formula is C14H19FIN3. The fraction of sp³-hybridized carbons (Fsp3) is 0.571. The molecule has 2 aliphatic rings. The summed E-state index contributed by atoms with van der Waals surface area (Å²) in [6.45, 7) is 5.24. The van der Waals surface area contributed by atoms with Crippen molar-refractivity contribution in [2.24, 2.45) is 5.92 Å². The first-order valence-corrected chi connectivity index (χ1v) is 7.93. The van der Waals surface area contributed by atoms with Gasteiger partial charge in [0.15, 0.2) is 0 Å². The SMILES string of the molecule is Nc1cc(I)c(F)cc1N1CCN(CC2CC2)CC1. The predicted molar refractivity (Wildman–Crippen MR) is 84.9 cm³/mol. The summed E-state index contributed by atoms with van der Waals surface area (Å²) in [5.74, 6) is 0.762. The molecule has 2 N–H and O–H groups in total. The van der Waals surface area contributed by atoms with Crippen LogP contribution in [0.3, 0.4) is 0 Å². The van der Waals surface area contributed by atoms with Crippen molar-refractivity contribution in [2.45, 2.75) is 12.8 Å². The molecule has 0 amide bonds. The van der Waals surface area contributed by atoms with Gasteiger partial charge in [-0.25, -0.2) is 4.39 Å². The second-order valence-corrected chi connectivity index (χ2v) is 6.72. The zero-order valence-corrected chi connectivity index (χ0v) is 13.1. The summed E-state index contributed by atoms with van der Waals surface area (Å²) in [5.41, 5.74) is 7.55. The van der Waals surface area contributed by atoms with Crippen LogP contribution in [0.15, 0.2) is 12.1 Å². The van der Waals surface area contributed by atoms with Gasteiger partial charge in [-0.1, -0.05) is 0 Å². The van der Waals surface area contributed by atoms with Gasteiger partial charge in [0.2, 0.25) is 0 Å². The molecule has 1 saturated carbocycles. The second kappa shape index (κ2) is 5.44. The molecule has 19 heavy (non-hydrogen) atoms. The van der Waals surface area contributed by atoms with Crippen molar-refractivity contribution in [2.75, 3.05) is 43.4 Å². The summed E-state index contributed by atoms with van der Waals surface area (Å²) < 4.78 is 14.3. The van der Waals surface area contributed by atoms with Gasteiger partial charge in [-0.05, 0) is 47.4 Å². The van der Waals surface area contributed by atoms with Crippen LogP contribution in [0.2, 0.25) is 0 Å². The predicted octanol–water partition coefficient (Wildman–Crippen LogP) is 2.54. The van der Waals surface area contributed by atoms with E-state index in [4.69, 9.17) is 5.73 Å². The molecule has 5 heteroatoms. The molecule has 1 heterocycles. The summed E-state index contributed by atoms with van der Waals surface area (Å²) in [6.07, 6.45) is 2.80. The largest absolute Gasteiger partial charge is 0.397 e. The molecule has 0 unspecified atom stereocenters. The van der Waals surface area contributed by atoms with Gasteiger partial charge < -0.3 is 10.6 Å². The standard InChI is InChI=1S/C14H19FIN3/c15-11-7-14(13(17)8-12(11)16)19-5-3-18(4-6-19)9-10-1-2-10/h7-8,10H,1-6,9,17H2. The van der Waals surface area contributed by atoms with Gasteiger partial charge in [0.05, 0.1) is 14.9 Å². The average Bonchev–Trinajstić information content (AvgIpc) is 3.19. The first-order valence-electron chi connectivity index (χ1n) is 6.85. The fourth-order valence-electron chi connectivity index (χ4n) is 2.66. The number of hydrogen-bond donors (Lipinski definition) is 1. The van der Waals surface area contributed by atoms with Crippen LogP contribution in [0.1, 0.15) is 12.8 Å². The van der Waals surface area contributed by atoms with Gasteiger partial charge >= 0.3 is 0 Å². The number of nitrogens with two attached hydrogens (primary N) is 1. The molecule has 0 radical (unpaired) electrons. The molecule has 0 atom stereocenters. The van der Waals surface area contributed by atoms with Gasteiger partial charge in [0.25, 0.3) is 0 Å². The highest BCUT2D eigenvalue weighted by Gasteiger charge is 2.27. The normalized spacial score (nSPS) is 20.8. The highest BCUT2D eigenvalue weighted by molar-refractivity contribution is 14.1. The molecular weight excluding hydrogens is 356 g/mol. The van der Waals surface area contributed by atoms with Gasteiger partial charge in [-0.3, -0.25) is 4.90 Å². The number of benzene rings is 1. The van der Waals surface area contributed by atoms with Crippen molar-refractivity contribution in [3.05, 3.63) is 21.5 Å². The zero-order valence-electron chi connectivity index (χ0n) is 10.9. The summed E-state index contributed by atoms with van der Waals surface area (Å²) in [4.78, 5) is 4.73. The molecule has 0 aromatic heterocycles. The second-order valence-electron chi connectivity index (χ2n) is 5.56. The van der Waals surface area contributed by atoms with Crippen LogP contribution in [-0.4, -0.2) is 37.6 Å². The van der Waals surface area contributed by atoms with Crippen LogP contribution in [0.4, 0.5) is 15.8 Å². The Bertz CT molecular complexity index is 468. The molecule has 1 aliphatic carbocycles. The Morgan fingerprint density at radius 2 is 1.89 bits per heavy atom. The van der Waals surface area contributed by atoms with Crippen molar-refractivity contribution in [1.82, 2.24) is 4.90 Å². The van der Waals surface area contributed by atoms with Crippen molar-refractivity contribution < 1.29 is 4.39 Å². The smallest absolute Gasteiger partial charge is 0.138 e. The zero-order chi connectivity index (χ0) is 13.4. The number of anilines is 2. The fourth-order valence-corrected chi connectivity index (χ4v) is 3.15. The molecule has 1 aliphatic heterocycles. The first kappa shape index (κ1) is 13.4. The molecule has 3 nitrogen and oxygen atoms in total. The Kier molecular flexibility index (Phi) is 3.84. The topological polar surface area (TPSA) is 32.5 Å². The molecule has 1 aromatic rings. The number of halogens is 2. The summed E-state index contributed by atoms with van der Waals surface area (Å²) >= 11 is 1.98. The van der Waals surface area contributed by atoms with E-state index in [9.17, 15) is 4.39 Å². The number of nitrogen functional groups attached to an aromatic ring is 1. The van der Waals surface area contributed by atoms with E-state index in [2.05, 4.69) is 9.80 Å². The minimum atomic E-state index is -0.176. The van der Waals surface area contributed by atoms with E-state index in [0.717, 1.165) is 37.8 Å². The van der Waals surface area contributed by atoms with E-state index in [-0.39, 0.29) is 5.82 Å². The molecule has 0 spiro atoms. The van der Waals surface area contributed by atoms with E-state index < -0.39 is 0 Å². The maximum Gasteiger partial charge on any atom is 0.138 e. The lowest BCUT2D eigenvalue weighted by Crippen LogP contribution is -2.47. The highest BCUT2D eigenvalue weighted by atomic mass is 127. The number of piperazine rings is 1. The Morgan fingerprint density at radius 1 is 1.21 bits per heavy atom. The average molecular weight is 375 g/mol. The Morgan fingerprint density at radius 3 is 2.53 bits per heavy atom. The van der Waals surface area contributed by atoms with E-state index in [1.807, 2.05) is 22.6 Å². The number of hydrogen-bond acceptors (Lipinski definition) is 3. The van der Waals surface area contributed by atoms with E-state index in [1.54, 1.807) is 12.1 Å². The van der Waals surface area contributed by atoms with Crippen molar-refractivity contribution >= 4 is 34.0 Å². The summed E-state index contributed by atoms with van der Waals surface area (Å²) in [6, 6.07) is 3.30.